The number of benzene rings is 1. The van der Waals surface area contributed by atoms with E-state index >= 15 is 0 Å². The second-order valence-corrected chi connectivity index (χ2v) is 6.14. The fraction of sp³-hybridized carbons (Fsp3) is 0.375. The summed E-state index contributed by atoms with van der Waals surface area (Å²) >= 11 is 1.51. The van der Waals surface area contributed by atoms with Crippen molar-refractivity contribution in [3.8, 4) is 0 Å². The van der Waals surface area contributed by atoms with Gasteiger partial charge in [0.25, 0.3) is 0 Å². The third-order valence-corrected chi connectivity index (χ3v) is 4.35. The molecule has 5 nitrogen and oxygen atoms in total. The highest BCUT2D eigenvalue weighted by atomic mass is 32.1. The Bertz CT molecular complexity index is 620. The molecule has 7 heteroatoms. The van der Waals surface area contributed by atoms with Crippen LogP contribution < -0.4 is 15.5 Å². The summed E-state index contributed by atoms with van der Waals surface area (Å²) in [4.78, 5) is 17.8. The molecule has 0 aliphatic carbocycles. The molecule has 0 spiro atoms. The van der Waals surface area contributed by atoms with Crippen molar-refractivity contribution in [3.05, 3.63) is 46.7 Å². The van der Waals surface area contributed by atoms with Gasteiger partial charge in [0.15, 0.2) is 0 Å². The van der Waals surface area contributed by atoms with E-state index in [0.29, 0.717) is 18.8 Å². The highest BCUT2D eigenvalue weighted by Crippen LogP contribution is 2.17. The predicted molar refractivity (Wildman–Crippen MR) is 91.4 cm³/mol. The van der Waals surface area contributed by atoms with Gasteiger partial charge in [0.05, 0.1) is 11.7 Å². The Balaban J connectivity index is 1.67. The summed E-state index contributed by atoms with van der Waals surface area (Å²) in [6.07, 6.45) is 2.44. The second-order valence-electron chi connectivity index (χ2n) is 5.22. The normalized spacial score (nSPS) is 11.8. The lowest BCUT2D eigenvalue weighted by Crippen LogP contribution is -2.38. The van der Waals surface area contributed by atoms with Gasteiger partial charge in [-0.25, -0.2) is 14.2 Å². The van der Waals surface area contributed by atoms with Crippen LogP contribution >= 0.6 is 11.3 Å². The van der Waals surface area contributed by atoms with E-state index in [1.165, 1.54) is 17.4 Å². The first-order valence-corrected chi connectivity index (χ1v) is 8.35. The SMILES string of the molecule is CC(NC(=O)NCCCN(C)c1ccccc1F)c1nccs1. The van der Waals surface area contributed by atoms with Gasteiger partial charge < -0.3 is 15.5 Å². The van der Waals surface area contributed by atoms with Gasteiger partial charge in [0, 0.05) is 31.7 Å². The number of hydrogen-bond acceptors (Lipinski definition) is 4. The van der Waals surface area contributed by atoms with Gasteiger partial charge in [-0.1, -0.05) is 12.1 Å². The highest BCUT2D eigenvalue weighted by molar-refractivity contribution is 7.09. The number of anilines is 1. The first kappa shape index (κ1) is 17.2. The van der Waals surface area contributed by atoms with Crippen molar-refractivity contribution < 1.29 is 9.18 Å². The number of nitrogens with zero attached hydrogens (tertiary/aromatic N) is 2. The van der Waals surface area contributed by atoms with Gasteiger partial charge in [0.2, 0.25) is 0 Å². The topological polar surface area (TPSA) is 57.3 Å². The number of aromatic nitrogens is 1. The molecule has 1 unspecified atom stereocenters. The van der Waals surface area contributed by atoms with E-state index in [-0.39, 0.29) is 17.9 Å². The molecule has 0 aliphatic rings. The Morgan fingerprint density at radius 1 is 1.43 bits per heavy atom. The molecule has 23 heavy (non-hydrogen) atoms. The molecule has 2 N–H and O–H groups in total. The standard InChI is InChI=1S/C16H21FN4OS/c1-12(15-18-9-11-23-15)20-16(22)19-8-5-10-21(2)14-7-4-3-6-13(14)17/h3-4,6-7,9,11-12H,5,8,10H2,1-2H3,(H2,19,20,22). The van der Waals surface area contributed by atoms with Crippen LogP contribution in [0.3, 0.4) is 0 Å². The Labute approximate surface area is 139 Å². The minimum absolute atomic E-state index is 0.115. The molecule has 1 aromatic heterocycles. The maximum atomic E-state index is 13.6. The lowest BCUT2D eigenvalue weighted by Gasteiger charge is -2.20. The summed E-state index contributed by atoms with van der Waals surface area (Å²) in [5.41, 5.74) is 0.564. The highest BCUT2D eigenvalue weighted by Gasteiger charge is 2.11. The van der Waals surface area contributed by atoms with E-state index in [2.05, 4.69) is 15.6 Å². The number of amides is 2. The Morgan fingerprint density at radius 2 is 2.22 bits per heavy atom. The monoisotopic (exact) mass is 336 g/mol. The maximum absolute atomic E-state index is 13.6. The van der Waals surface area contributed by atoms with Gasteiger partial charge in [-0.2, -0.15) is 0 Å². The predicted octanol–water partition coefficient (Wildman–Crippen LogP) is 3.17. The van der Waals surface area contributed by atoms with Crippen LogP contribution in [0.2, 0.25) is 0 Å². The lowest BCUT2D eigenvalue weighted by molar-refractivity contribution is 0.238. The average molecular weight is 336 g/mol. The molecular formula is C16H21FN4OS. The molecule has 0 saturated heterocycles. The number of thiazole rings is 1. The van der Waals surface area contributed by atoms with Gasteiger partial charge in [-0.15, -0.1) is 11.3 Å². The van der Waals surface area contributed by atoms with Crippen molar-refractivity contribution in [1.29, 1.82) is 0 Å². The molecule has 1 atom stereocenters. The fourth-order valence-corrected chi connectivity index (χ4v) is 2.80. The first-order chi connectivity index (χ1) is 11.1. The van der Waals surface area contributed by atoms with Gasteiger partial charge >= 0.3 is 6.03 Å². The molecule has 124 valence electrons. The number of carbonyl (C=O) groups excluding carboxylic acids is 1. The number of rotatable bonds is 7. The summed E-state index contributed by atoms with van der Waals surface area (Å²) in [7, 11) is 1.84. The summed E-state index contributed by atoms with van der Waals surface area (Å²) in [6.45, 7) is 3.07. The van der Waals surface area contributed by atoms with Gasteiger partial charge in [-0.3, -0.25) is 0 Å². The molecule has 0 bridgehead atoms. The molecular weight excluding hydrogens is 315 g/mol. The summed E-state index contributed by atoms with van der Waals surface area (Å²) in [5, 5.41) is 8.39. The minimum Gasteiger partial charge on any atom is -0.372 e. The first-order valence-electron chi connectivity index (χ1n) is 7.47. The van der Waals surface area contributed by atoms with Crippen molar-refractivity contribution >= 4 is 23.1 Å². The van der Waals surface area contributed by atoms with E-state index in [1.54, 1.807) is 24.4 Å². The van der Waals surface area contributed by atoms with Crippen LogP contribution in [-0.2, 0) is 0 Å². The Morgan fingerprint density at radius 3 is 2.91 bits per heavy atom. The summed E-state index contributed by atoms with van der Waals surface area (Å²) in [6, 6.07) is 6.32. The Hall–Kier alpha value is -2.15. The molecule has 2 amide bonds. The van der Waals surface area contributed by atoms with Gasteiger partial charge in [0.1, 0.15) is 10.8 Å². The molecule has 0 radical (unpaired) electrons. The number of halogens is 1. The minimum atomic E-state index is -0.238. The third-order valence-electron chi connectivity index (χ3n) is 3.39. The number of hydrogen-bond donors (Lipinski definition) is 2. The molecule has 1 aromatic carbocycles. The van der Waals surface area contributed by atoms with E-state index in [0.717, 1.165) is 11.4 Å². The number of carbonyl (C=O) groups is 1. The average Bonchev–Trinajstić information content (AvgIpc) is 3.06. The van der Waals surface area contributed by atoms with Crippen LogP contribution in [-0.4, -0.2) is 31.2 Å². The summed E-state index contributed by atoms with van der Waals surface area (Å²) < 4.78 is 13.6. The van der Waals surface area contributed by atoms with Gasteiger partial charge in [-0.05, 0) is 25.5 Å². The molecule has 0 aliphatic heterocycles. The van der Waals surface area contributed by atoms with Crippen LogP contribution in [0, 0.1) is 5.82 Å². The smallest absolute Gasteiger partial charge is 0.315 e. The maximum Gasteiger partial charge on any atom is 0.315 e. The number of nitrogens with one attached hydrogen (secondary N) is 2. The van der Waals surface area contributed by atoms with Crippen LogP contribution in [0.4, 0.5) is 14.9 Å². The van der Waals surface area contributed by atoms with E-state index in [4.69, 9.17) is 0 Å². The molecule has 0 saturated carbocycles. The number of para-hydroxylation sites is 1. The number of urea groups is 1. The quantitative estimate of drug-likeness (QED) is 0.764. The van der Waals surface area contributed by atoms with E-state index in [9.17, 15) is 9.18 Å². The zero-order valence-electron chi connectivity index (χ0n) is 13.3. The van der Waals surface area contributed by atoms with Crippen LogP contribution in [0.1, 0.15) is 24.4 Å². The van der Waals surface area contributed by atoms with Crippen molar-refractivity contribution in [2.75, 3.05) is 25.0 Å². The van der Waals surface area contributed by atoms with Crippen molar-refractivity contribution in [3.63, 3.8) is 0 Å². The van der Waals surface area contributed by atoms with Crippen molar-refractivity contribution in [1.82, 2.24) is 15.6 Å². The Kier molecular flexibility index (Phi) is 6.34. The third kappa shape index (κ3) is 5.21. The lowest BCUT2D eigenvalue weighted by atomic mass is 10.2. The second kappa shape index (κ2) is 8.47. The molecule has 2 rings (SSSR count). The van der Waals surface area contributed by atoms with Crippen molar-refractivity contribution in [2.45, 2.75) is 19.4 Å². The fourth-order valence-electron chi connectivity index (χ4n) is 2.16. The molecule has 2 aromatic rings. The van der Waals surface area contributed by atoms with Crippen LogP contribution in [0.25, 0.3) is 0 Å². The summed E-state index contributed by atoms with van der Waals surface area (Å²) in [5.74, 6) is -0.238. The van der Waals surface area contributed by atoms with Crippen molar-refractivity contribution in [2.24, 2.45) is 0 Å². The largest absolute Gasteiger partial charge is 0.372 e. The van der Waals surface area contributed by atoms with E-state index < -0.39 is 0 Å². The van der Waals surface area contributed by atoms with Crippen LogP contribution in [0.5, 0.6) is 0 Å². The zero-order valence-corrected chi connectivity index (χ0v) is 14.1. The molecule has 0 fully saturated rings. The molecule has 1 heterocycles. The van der Waals surface area contributed by atoms with Crippen LogP contribution in [0.15, 0.2) is 35.8 Å². The van der Waals surface area contributed by atoms with E-state index in [1.807, 2.05) is 24.3 Å². The zero-order chi connectivity index (χ0) is 16.7.